The van der Waals surface area contributed by atoms with Gasteiger partial charge in [0.05, 0.1) is 10.0 Å². The maximum absolute atomic E-state index is 14.1. The molecule has 5 rings (SSSR count). The molecule has 4 nitrogen and oxygen atoms in total. The number of carbonyl (C=O) groups excluding carboxylic acids is 2. The fraction of sp³-hybridized carbons (Fsp3) is 0.314. The quantitative estimate of drug-likeness (QED) is 0.204. The van der Waals surface area contributed by atoms with E-state index < -0.39 is 6.04 Å². The highest BCUT2D eigenvalue weighted by Crippen LogP contribution is 2.26. The molecule has 4 aromatic carbocycles. The van der Waals surface area contributed by atoms with E-state index in [1.807, 2.05) is 54.6 Å². The van der Waals surface area contributed by atoms with Crippen molar-refractivity contribution in [1.82, 2.24) is 10.2 Å². The standard InChI is InChI=1S/C35H36Cl2N2O2/c36-31-20-18-26(22-32(31)37)24-39(34(40)21-19-28-14-9-13-27-12-7-8-17-30(27)28)33(23-25-10-3-1-4-11-25)35(41)38-29-15-5-2-6-16-29/h1,3-4,7-14,17-18,20,22,29,33H,2,5-6,15-16,19,21,23-24H2,(H,38,41). The van der Waals surface area contributed by atoms with Crippen LogP contribution < -0.4 is 5.32 Å². The summed E-state index contributed by atoms with van der Waals surface area (Å²) < 4.78 is 0. The molecule has 0 spiro atoms. The van der Waals surface area contributed by atoms with E-state index >= 15 is 0 Å². The van der Waals surface area contributed by atoms with Gasteiger partial charge >= 0.3 is 0 Å². The number of amides is 2. The van der Waals surface area contributed by atoms with E-state index in [0.717, 1.165) is 53.1 Å². The van der Waals surface area contributed by atoms with Gasteiger partial charge in [0, 0.05) is 25.4 Å². The van der Waals surface area contributed by atoms with E-state index in [0.29, 0.717) is 22.9 Å². The lowest BCUT2D eigenvalue weighted by Crippen LogP contribution is -2.52. The molecule has 0 aliphatic heterocycles. The number of rotatable bonds is 10. The molecule has 2 amide bonds. The van der Waals surface area contributed by atoms with Crippen molar-refractivity contribution in [3.05, 3.63) is 118 Å². The first-order valence-electron chi connectivity index (χ1n) is 14.5. The summed E-state index contributed by atoms with van der Waals surface area (Å²) in [4.78, 5) is 29.8. The molecular formula is C35H36Cl2N2O2. The topological polar surface area (TPSA) is 49.4 Å². The van der Waals surface area contributed by atoms with Crippen LogP contribution in [0.1, 0.15) is 55.2 Å². The van der Waals surface area contributed by atoms with Gasteiger partial charge in [-0.15, -0.1) is 0 Å². The normalized spacial score (nSPS) is 14.5. The molecule has 1 fully saturated rings. The summed E-state index contributed by atoms with van der Waals surface area (Å²) in [6.07, 6.45) is 6.70. The Labute approximate surface area is 252 Å². The van der Waals surface area contributed by atoms with Gasteiger partial charge in [0.1, 0.15) is 6.04 Å². The number of hydrogen-bond acceptors (Lipinski definition) is 2. The van der Waals surface area contributed by atoms with E-state index in [-0.39, 0.29) is 30.8 Å². The van der Waals surface area contributed by atoms with Gasteiger partial charge in [-0.2, -0.15) is 0 Å². The first-order chi connectivity index (χ1) is 20.0. The Morgan fingerprint density at radius 1 is 0.805 bits per heavy atom. The Bertz CT molecular complexity index is 1480. The zero-order valence-electron chi connectivity index (χ0n) is 23.2. The molecule has 1 atom stereocenters. The van der Waals surface area contributed by atoms with Crippen molar-refractivity contribution >= 4 is 45.8 Å². The van der Waals surface area contributed by atoms with Gasteiger partial charge < -0.3 is 10.2 Å². The van der Waals surface area contributed by atoms with Gasteiger partial charge in [0.2, 0.25) is 11.8 Å². The largest absolute Gasteiger partial charge is 0.352 e. The van der Waals surface area contributed by atoms with Crippen LogP contribution in [-0.2, 0) is 29.0 Å². The second-order valence-electron chi connectivity index (χ2n) is 11.0. The number of nitrogens with one attached hydrogen (secondary N) is 1. The third-order valence-corrected chi connectivity index (χ3v) is 8.79. The average molecular weight is 588 g/mol. The lowest BCUT2D eigenvalue weighted by Gasteiger charge is -2.33. The van der Waals surface area contributed by atoms with Gasteiger partial charge in [0.25, 0.3) is 0 Å². The Morgan fingerprint density at radius 3 is 2.32 bits per heavy atom. The van der Waals surface area contributed by atoms with Gasteiger partial charge in [-0.05, 0) is 58.9 Å². The number of carbonyl (C=O) groups is 2. The van der Waals surface area contributed by atoms with Crippen LogP contribution in [0.5, 0.6) is 0 Å². The summed E-state index contributed by atoms with van der Waals surface area (Å²) in [6, 6.07) is 29.2. The van der Waals surface area contributed by atoms with Crippen LogP contribution in [0.2, 0.25) is 10.0 Å². The van der Waals surface area contributed by atoms with Crippen molar-refractivity contribution in [1.29, 1.82) is 0 Å². The lowest BCUT2D eigenvalue weighted by molar-refractivity contribution is -0.141. The van der Waals surface area contributed by atoms with Crippen molar-refractivity contribution in [2.75, 3.05) is 0 Å². The molecule has 0 radical (unpaired) electrons. The number of fused-ring (bicyclic) bond motifs is 1. The summed E-state index contributed by atoms with van der Waals surface area (Å²) in [5.41, 5.74) is 2.97. The third kappa shape index (κ3) is 7.69. The highest BCUT2D eigenvalue weighted by Gasteiger charge is 2.32. The molecule has 4 aromatic rings. The lowest BCUT2D eigenvalue weighted by atomic mass is 9.94. The Balaban J connectivity index is 1.45. The van der Waals surface area contributed by atoms with Gasteiger partial charge in [0.15, 0.2) is 0 Å². The van der Waals surface area contributed by atoms with Crippen LogP contribution in [0.3, 0.4) is 0 Å². The maximum Gasteiger partial charge on any atom is 0.243 e. The van der Waals surface area contributed by atoms with E-state index in [1.54, 1.807) is 17.0 Å². The molecule has 0 bridgehead atoms. The molecule has 1 saturated carbocycles. The van der Waals surface area contributed by atoms with Crippen molar-refractivity contribution in [2.24, 2.45) is 0 Å². The molecule has 6 heteroatoms. The minimum absolute atomic E-state index is 0.0660. The Kier molecular flexibility index (Phi) is 9.97. The fourth-order valence-corrected chi connectivity index (χ4v) is 6.15. The van der Waals surface area contributed by atoms with Crippen molar-refractivity contribution in [3.63, 3.8) is 0 Å². The summed E-state index contributed by atoms with van der Waals surface area (Å²) in [5, 5.41) is 6.49. The zero-order valence-corrected chi connectivity index (χ0v) is 24.7. The number of halogens is 2. The molecule has 0 heterocycles. The summed E-state index contributed by atoms with van der Waals surface area (Å²) in [7, 11) is 0. The summed E-state index contributed by atoms with van der Waals surface area (Å²) in [5.74, 6) is -0.164. The van der Waals surface area contributed by atoms with Gasteiger partial charge in [-0.3, -0.25) is 9.59 Å². The number of aryl methyl sites for hydroxylation is 1. The predicted octanol–water partition coefficient (Wildman–Crippen LogP) is 8.17. The first kappa shape index (κ1) is 29.2. The second-order valence-corrected chi connectivity index (χ2v) is 11.8. The van der Waals surface area contributed by atoms with Crippen LogP contribution in [0.15, 0.2) is 91.0 Å². The monoisotopic (exact) mass is 586 g/mol. The molecule has 41 heavy (non-hydrogen) atoms. The number of nitrogens with zero attached hydrogens (tertiary/aromatic N) is 1. The average Bonchev–Trinajstić information content (AvgIpc) is 3.00. The molecule has 1 unspecified atom stereocenters. The molecule has 0 aromatic heterocycles. The van der Waals surface area contributed by atoms with Gasteiger partial charge in [-0.1, -0.05) is 121 Å². The Morgan fingerprint density at radius 2 is 1.54 bits per heavy atom. The van der Waals surface area contributed by atoms with Crippen LogP contribution in [-0.4, -0.2) is 28.8 Å². The molecule has 0 saturated heterocycles. The Hall–Kier alpha value is -3.34. The van der Waals surface area contributed by atoms with E-state index in [2.05, 4.69) is 29.6 Å². The molecule has 212 valence electrons. The first-order valence-corrected chi connectivity index (χ1v) is 15.3. The highest BCUT2D eigenvalue weighted by atomic mass is 35.5. The van der Waals surface area contributed by atoms with Gasteiger partial charge in [-0.25, -0.2) is 0 Å². The molecular weight excluding hydrogens is 551 g/mol. The fourth-order valence-electron chi connectivity index (χ4n) is 5.83. The zero-order chi connectivity index (χ0) is 28.6. The van der Waals surface area contributed by atoms with Crippen molar-refractivity contribution in [2.45, 2.75) is 70.0 Å². The minimum atomic E-state index is -0.659. The van der Waals surface area contributed by atoms with E-state index in [1.165, 1.54) is 6.42 Å². The predicted molar refractivity (Wildman–Crippen MR) is 168 cm³/mol. The summed E-state index contributed by atoms with van der Waals surface area (Å²) >= 11 is 12.6. The van der Waals surface area contributed by atoms with Crippen LogP contribution in [0.4, 0.5) is 0 Å². The molecule has 1 aliphatic rings. The van der Waals surface area contributed by atoms with Crippen LogP contribution in [0.25, 0.3) is 10.8 Å². The number of benzene rings is 4. The van der Waals surface area contributed by atoms with Crippen LogP contribution >= 0.6 is 23.2 Å². The smallest absolute Gasteiger partial charge is 0.243 e. The van der Waals surface area contributed by atoms with Crippen molar-refractivity contribution < 1.29 is 9.59 Å². The molecule has 1 N–H and O–H groups in total. The molecule has 1 aliphatic carbocycles. The maximum atomic E-state index is 14.1. The van der Waals surface area contributed by atoms with Crippen LogP contribution in [0, 0.1) is 0 Å². The third-order valence-electron chi connectivity index (χ3n) is 8.05. The van der Waals surface area contributed by atoms with E-state index in [4.69, 9.17) is 23.2 Å². The minimum Gasteiger partial charge on any atom is -0.352 e. The summed E-state index contributed by atoms with van der Waals surface area (Å²) in [6.45, 7) is 0.265. The second kappa shape index (κ2) is 14.0. The highest BCUT2D eigenvalue weighted by molar-refractivity contribution is 6.42. The van der Waals surface area contributed by atoms with Crippen molar-refractivity contribution in [3.8, 4) is 0 Å². The van der Waals surface area contributed by atoms with E-state index in [9.17, 15) is 9.59 Å². The number of hydrogen-bond donors (Lipinski definition) is 1. The SMILES string of the molecule is O=C(NC1CCCCC1)C(Cc1ccccc1)N(Cc1ccc(Cl)c(Cl)c1)C(=O)CCc1cccc2ccccc12.